The second kappa shape index (κ2) is 7.50. The summed E-state index contributed by atoms with van der Waals surface area (Å²) in [4.78, 5) is 15.0. The Kier molecular flexibility index (Phi) is 4.93. The number of likely N-dealkylation sites (tertiary alicyclic amines) is 1. The number of hydrogen-bond acceptors (Lipinski definition) is 3. The minimum atomic E-state index is 0.0990. The van der Waals surface area contributed by atoms with Crippen molar-refractivity contribution in [2.24, 2.45) is 5.92 Å². The first-order valence-corrected chi connectivity index (χ1v) is 9.54. The number of phenolic OH excluding ortho intramolecular Hbond substituents is 1. The fraction of sp³-hybridized carbons (Fsp3) is 0.409. The van der Waals surface area contributed by atoms with Crippen molar-refractivity contribution >= 4 is 5.91 Å². The molecule has 2 fully saturated rings. The van der Waals surface area contributed by atoms with Crippen molar-refractivity contribution in [2.45, 2.75) is 37.8 Å². The number of amides is 1. The Hall–Kier alpha value is -2.33. The van der Waals surface area contributed by atoms with Gasteiger partial charge in [0.25, 0.3) is 0 Å². The molecule has 0 bridgehead atoms. The van der Waals surface area contributed by atoms with Crippen LogP contribution in [0.25, 0.3) is 0 Å². The zero-order chi connectivity index (χ0) is 17.9. The minimum Gasteiger partial charge on any atom is -0.508 e. The third-order valence-electron chi connectivity index (χ3n) is 5.63. The highest BCUT2D eigenvalue weighted by molar-refractivity contribution is 5.83. The molecule has 26 heavy (non-hydrogen) atoms. The molecule has 0 spiro atoms. The summed E-state index contributed by atoms with van der Waals surface area (Å²) in [6.07, 6.45) is 2.97. The van der Waals surface area contributed by atoms with Gasteiger partial charge in [0, 0.05) is 31.6 Å². The van der Waals surface area contributed by atoms with Crippen LogP contribution in [0.4, 0.5) is 0 Å². The van der Waals surface area contributed by atoms with Crippen molar-refractivity contribution in [3.8, 4) is 5.75 Å². The molecule has 4 rings (SSSR count). The van der Waals surface area contributed by atoms with Gasteiger partial charge in [0.2, 0.25) is 5.91 Å². The molecule has 1 aliphatic heterocycles. The van der Waals surface area contributed by atoms with Gasteiger partial charge in [0.1, 0.15) is 5.75 Å². The van der Waals surface area contributed by atoms with Gasteiger partial charge in [-0.05, 0) is 48.4 Å². The van der Waals surface area contributed by atoms with Gasteiger partial charge in [-0.3, -0.25) is 9.69 Å². The first-order valence-electron chi connectivity index (χ1n) is 9.54. The molecule has 1 saturated heterocycles. The van der Waals surface area contributed by atoms with E-state index in [9.17, 15) is 9.90 Å². The summed E-state index contributed by atoms with van der Waals surface area (Å²) in [6, 6.07) is 18.1. The Bertz CT molecular complexity index is 736. The molecule has 1 heterocycles. The number of nitrogens with one attached hydrogen (secondary N) is 1. The van der Waals surface area contributed by atoms with E-state index < -0.39 is 0 Å². The Morgan fingerprint density at radius 2 is 1.73 bits per heavy atom. The number of benzene rings is 2. The predicted molar refractivity (Wildman–Crippen MR) is 102 cm³/mol. The zero-order valence-electron chi connectivity index (χ0n) is 15.0. The molecule has 1 saturated carbocycles. The maximum Gasteiger partial charge on any atom is 0.223 e. The smallest absolute Gasteiger partial charge is 0.223 e. The maximum atomic E-state index is 12.5. The topological polar surface area (TPSA) is 52.6 Å². The minimum absolute atomic E-state index is 0.0990. The van der Waals surface area contributed by atoms with Crippen LogP contribution in [0.2, 0.25) is 0 Å². The van der Waals surface area contributed by atoms with Crippen molar-refractivity contribution in [3.63, 3.8) is 0 Å². The van der Waals surface area contributed by atoms with Crippen molar-refractivity contribution in [1.82, 2.24) is 10.2 Å². The van der Waals surface area contributed by atoms with E-state index in [1.54, 1.807) is 12.1 Å². The van der Waals surface area contributed by atoms with Gasteiger partial charge >= 0.3 is 0 Å². The van der Waals surface area contributed by atoms with Crippen LogP contribution >= 0.6 is 0 Å². The standard InChI is InChI=1S/C22H26N2O2/c25-19-8-6-17(7-9-19)20-14-21(20)22(26)23-18-10-12-24(13-11-18)15-16-4-2-1-3-5-16/h1-9,18,20-21,25H,10-15H2,(H,23,26). The van der Waals surface area contributed by atoms with Crippen LogP contribution < -0.4 is 5.32 Å². The molecule has 4 heteroatoms. The zero-order valence-corrected chi connectivity index (χ0v) is 15.0. The van der Waals surface area contributed by atoms with Crippen LogP contribution in [-0.4, -0.2) is 35.0 Å². The number of rotatable bonds is 5. The number of carbonyl (C=O) groups is 1. The summed E-state index contributed by atoms with van der Waals surface area (Å²) in [5.41, 5.74) is 2.50. The maximum absolute atomic E-state index is 12.5. The molecule has 2 unspecified atom stereocenters. The Morgan fingerprint density at radius 1 is 1.04 bits per heavy atom. The highest BCUT2D eigenvalue weighted by Gasteiger charge is 2.44. The molecule has 4 nitrogen and oxygen atoms in total. The van der Waals surface area contributed by atoms with Gasteiger partial charge in [-0.1, -0.05) is 42.5 Å². The molecule has 0 aromatic heterocycles. The van der Waals surface area contributed by atoms with Crippen LogP contribution in [0.15, 0.2) is 54.6 Å². The van der Waals surface area contributed by atoms with Crippen LogP contribution in [0.3, 0.4) is 0 Å². The fourth-order valence-corrected chi connectivity index (χ4v) is 3.96. The van der Waals surface area contributed by atoms with Gasteiger partial charge < -0.3 is 10.4 Å². The Labute approximate surface area is 154 Å². The van der Waals surface area contributed by atoms with Gasteiger partial charge in [0.05, 0.1) is 0 Å². The number of aromatic hydroxyl groups is 1. The van der Waals surface area contributed by atoms with E-state index in [0.29, 0.717) is 12.0 Å². The van der Waals surface area contributed by atoms with Gasteiger partial charge in [-0.25, -0.2) is 0 Å². The third-order valence-corrected chi connectivity index (χ3v) is 5.63. The highest BCUT2D eigenvalue weighted by Crippen LogP contribution is 2.47. The summed E-state index contributed by atoms with van der Waals surface area (Å²) in [7, 11) is 0. The number of phenols is 1. The van der Waals surface area contributed by atoms with E-state index in [4.69, 9.17) is 0 Å². The molecule has 1 aliphatic carbocycles. The van der Waals surface area contributed by atoms with Crippen LogP contribution in [0.1, 0.15) is 36.3 Å². The average Bonchev–Trinajstić information content (AvgIpc) is 3.46. The van der Waals surface area contributed by atoms with Crippen LogP contribution in [0, 0.1) is 5.92 Å². The molecule has 1 amide bonds. The van der Waals surface area contributed by atoms with Crippen molar-refractivity contribution < 1.29 is 9.90 Å². The number of carbonyl (C=O) groups excluding carboxylic acids is 1. The van der Waals surface area contributed by atoms with Gasteiger partial charge in [-0.2, -0.15) is 0 Å². The SMILES string of the molecule is O=C(NC1CCN(Cc2ccccc2)CC1)C1CC1c1ccc(O)cc1. The predicted octanol–water partition coefficient (Wildman–Crippen LogP) is 3.28. The van der Waals surface area contributed by atoms with Crippen LogP contribution in [0.5, 0.6) is 5.75 Å². The van der Waals surface area contributed by atoms with E-state index >= 15 is 0 Å². The Morgan fingerprint density at radius 3 is 2.42 bits per heavy atom. The van der Waals surface area contributed by atoms with E-state index in [2.05, 4.69) is 40.5 Å². The lowest BCUT2D eigenvalue weighted by molar-refractivity contribution is -0.123. The van der Waals surface area contributed by atoms with E-state index in [-0.39, 0.29) is 17.6 Å². The molecular weight excluding hydrogens is 324 g/mol. The van der Waals surface area contributed by atoms with E-state index in [1.165, 1.54) is 5.56 Å². The summed E-state index contributed by atoms with van der Waals surface area (Å²) in [5.74, 6) is 0.887. The number of hydrogen-bond donors (Lipinski definition) is 2. The number of nitrogens with zero attached hydrogens (tertiary/aromatic N) is 1. The molecule has 136 valence electrons. The van der Waals surface area contributed by atoms with Gasteiger partial charge in [-0.15, -0.1) is 0 Å². The molecule has 2 N–H and O–H groups in total. The second-order valence-electron chi connectivity index (χ2n) is 7.58. The lowest BCUT2D eigenvalue weighted by Crippen LogP contribution is -2.44. The average molecular weight is 350 g/mol. The lowest BCUT2D eigenvalue weighted by Gasteiger charge is -2.32. The lowest BCUT2D eigenvalue weighted by atomic mass is 10.0. The van der Waals surface area contributed by atoms with Crippen LogP contribution in [-0.2, 0) is 11.3 Å². The third kappa shape index (κ3) is 4.07. The van der Waals surface area contributed by atoms with Gasteiger partial charge in [0.15, 0.2) is 0 Å². The Balaban J connectivity index is 1.22. The van der Waals surface area contributed by atoms with E-state index in [0.717, 1.165) is 44.5 Å². The molecule has 2 aromatic carbocycles. The summed E-state index contributed by atoms with van der Waals surface area (Å²) < 4.78 is 0. The molecular formula is C22H26N2O2. The number of piperidine rings is 1. The first-order chi connectivity index (χ1) is 12.7. The van der Waals surface area contributed by atoms with Crippen molar-refractivity contribution in [1.29, 1.82) is 0 Å². The highest BCUT2D eigenvalue weighted by atomic mass is 16.3. The first kappa shape index (κ1) is 17.1. The molecule has 2 atom stereocenters. The molecule has 0 radical (unpaired) electrons. The van der Waals surface area contributed by atoms with E-state index in [1.807, 2.05) is 12.1 Å². The normalized spacial score (nSPS) is 23.5. The molecule has 2 aromatic rings. The monoisotopic (exact) mass is 350 g/mol. The summed E-state index contributed by atoms with van der Waals surface area (Å²) >= 11 is 0. The van der Waals surface area contributed by atoms with Crippen molar-refractivity contribution in [2.75, 3.05) is 13.1 Å². The summed E-state index contributed by atoms with van der Waals surface area (Å²) in [5, 5.41) is 12.6. The quantitative estimate of drug-likeness (QED) is 0.870. The summed E-state index contributed by atoms with van der Waals surface area (Å²) in [6.45, 7) is 3.06. The fourth-order valence-electron chi connectivity index (χ4n) is 3.96. The van der Waals surface area contributed by atoms with Crippen molar-refractivity contribution in [3.05, 3.63) is 65.7 Å². The second-order valence-corrected chi connectivity index (χ2v) is 7.58. The largest absolute Gasteiger partial charge is 0.508 e. The molecule has 2 aliphatic rings.